The highest BCUT2D eigenvalue weighted by atomic mass is 35.5. The van der Waals surface area contributed by atoms with Crippen molar-refractivity contribution < 1.29 is 10.2 Å². The van der Waals surface area contributed by atoms with Crippen LogP contribution < -0.4 is 5.32 Å². The van der Waals surface area contributed by atoms with Crippen LogP contribution in [0.25, 0.3) is 0 Å². The molecule has 19 heavy (non-hydrogen) atoms. The maximum absolute atomic E-state index is 9.99. The highest BCUT2D eigenvalue weighted by molar-refractivity contribution is 6.30. The molecule has 0 saturated heterocycles. The standard InChI is InChI=1S/C15H24ClNO2/c1-3-11(4-2)14(18)9-17-10-15(19)12-5-7-13(16)8-6-12/h5-8,11,14-15,17-19H,3-4,9-10H2,1-2H3. The first kappa shape index (κ1) is 16.4. The molecule has 3 nitrogen and oxygen atoms in total. The summed E-state index contributed by atoms with van der Waals surface area (Å²) >= 11 is 5.80. The van der Waals surface area contributed by atoms with Gasteiger partial charge in [0.2, 0.25) is 0 Å². The number of hydrogen-bond donors (Lipinski definition) is 3. The zero-order valence-electron chi connectivity index (χ0n) is 11.6. The van der Waals surface area contributed by atoms with E-state index in [2.05, 4.69) is 19.2 Å². The van der Waals surface area contributed by atoms with Crippen molar-refractivity contribution in [2.24, 2.45) is 5.92 Å². The van der Waals surface area contributed by atoms with E-state index in [0.717, 1.165) is 18.4 Å². The Labute approximate surface area is 120 Å². The summed E-state index contributed by atoms with van der Waals surface area (Å²) in [6.45, 7) is 5.11. The normalized spacial score (nSPS) is 14.6. The largest absolute Gasteiger partial charge is 0.392 e. The van der Waals surface area contributed by atoms with Crippen LogP contribution in [0.5, 0.6) is 0 Å². The van der Waals surface area contributed by atoms with E-state index in [4.69, 9.17) is 11.6 Å². The topological polar surface area (TPSA) is 52.5 Å². The molecule has 0 spiro atoms. The maximum Gasteiger partial charge on any atom is 0.0914 e. The minimum atomic E-state index is -0.578. The lowest BCUT2D eigenvalue weighted by molar-refractivity contribution is 0.0945. The van der Waals surface area contributed by atoms with Gasteiger partial charge in [0.05, 0.1) is 12.2 Å². The van der Waals surface area contributed by atoms with Gasteiger partial charge in [-0.2, -0.15) is 0 Å². The van der Waals surface area contributed by atoms with Crippen molar-refractivity contribution in [3.05, 3.63) is 34.9 Å². The van der Waals surface area contributed by atoms with Crippen molar-refractivity contribution in [3.63, 3.8) is 0 Å². The Bertz CT molecular complexity index is 352. The quantitative estimate of drug-likeness (QED) is 0.688. The molecule has 0 radical (unpaired) electrons. The summed E-state index contributed by atoms with van der Waals surface area (Å²) in [5.74, 6) is 0.320. The summed E-state index contributed by atoms with van der Waals surface area (Å²) in [5, 5.41) is 23.7. The summed E-state index contributed by atoms with van der Waals surface area (Å²) in [4.78, 5) is 0. The zero-order valence-corrected chi connectivity index (χ0v) is 12.4. The first-order valence-electron chi connectivity index (χ1n) is 6.90. The van der Waals surface area contributed by atoms with E-state index < -0.39 is 6.10 Å². The molecule has 0 bridgehead atoms. The van der Waals surface area contributed by atoms with Gasteiger partial charge in [-0.15, -0.1) is 0 Å². The average molecular weight is 286 g/mol. The second kappa shape index (κ2) is 8.54. The van der Waals surface area contributed by atoms with Crippen LogP contribution in [-0.4, -0.2) is 29.4 Å². The highest BCUT2D eigenvalue weighted by Crippen LogP contribution is 2.16. The molecule has 0 aliphatic heterocycles. The number of hydrogen-bond acceptors (Lipinski definition) is 3. The van der Waals surface area contributed by atoms with Gasteiger partial charge < -0.3 is 15.5 Å². The smallest absolute Gasteiger partial charge is 0.0914 e. The highest BCUT2D eigenvalue weighted by Gasteiger charge is 2.15. The molecule has 0 heterocycles. The van der Waals surface area contributed by atoms with Gasteiger partial charge in [-0.3, -0.25) is 0 Å². The minimum absolute atomic E-state index is 0.320. The molecular formula is C15H24ClNO2. The Kier molecular flexibility index (Phi) is 7.39. The van der Waals surface area contributed by atoms with Gasteiger partial charge in [0.1, 0.15) is 0 Å². The summed E-state index contributed by atoms with van der Waals surface area (Å²) < 4.78 is 0. The molecule has 2 unspecified atom stereocenters. The van der Waals surface area contributed by atoms with Crippen LogP contribution in [0.4, 0.5) is 0 Å². The van der Waals surface area contributed by atoms with Crippen molar-refractivity contribution in [1.29, 1.82) is 0 Å². The Balaban J connectivity index is 2.34. The van der Waals surface area contributed by atoms with Crippen LogP contribution in [-0.2, 0) is 0 Å². The third-order valence-electron chi connectivity index (χ3n) is 3.54. The Morgan fingerprint density at radius 1 is 1.05 bits per heavy atom. The molecule has 108 valence electrons. The van der Waals surface area contributed by atoms with E-state index >= 15 is 0 Å². The van der Waals surface area contributed by atoms with Gasteiger partial charge in [0.25, 0.3) is 0 Å². The van der Waals surface area contributed by atoms with E-state index in [9.17, 15) is 10.2 Å². The fourth-order valence-corrected chi connectivity index (χ4v) is 2.30. The molecule has 3 N–H and O–H groups in total. The number of nitrogens with one attached hydrogen (secondary N) is 1. The molecule has 0 fully saturated rings. The van der Waals surface area contributed by atoms with E-state index in [0.29, 0.717) is 24.0 Å². The van der Waals surface area contributed by atoms with Crippen LogP contribution in [0.2, 0.25) is 5.02 Å². The zero-order chi connectivity index (χ0) is 14.3. The molecular weight excluding hydrogens is 262 g/mol. The van der Waals surface area contributed by atoms with E-state index in [-0.39, 0.29) is 6.10 Å². The van der Waals surface area contributed by atoms with Crippen molar-refractivity contribution in [3.8, 4) is 0 Å². The van der Waals surface area contributed by atoms with Gasteiger partial charge in [0, 0.05) is 18.1 Å². The third-order valence-corrected chi connectivity index (χ3v) is 3.79. The monoisotopic (exact) mass is 285 g/mol. The molecule has 0 saturated carbocycles. The Morgan fingerprint density at radius 2 is 1.63 bits per heavy atom. The number of rotatable bonds is 8. The molecule has 4 heteroatoms. The number of aliphatic hydroxyl groups excluding tert-OH is 2. The fourth-order valence-electron chi connectivity index (χ4n) is 2.17. The van der Waals surface area contributed by atoms with Crippen molar-refractivity contribution >= 4 is 11.6 Å². The Morgan fingerprint density at radius 3 is 2.16 bits per heavy atom. The Hall–Kier alpha value is -0.610. The minimum Gasteiger partial charge on any atom is -0.392 e. The molecule has 1 aromatic carbocycles. The van der Waals surface area contributed by atoms with Gasteiger partial charge >= 0.3 is 0 Å². The SMILES string of the molecule is CCC(CC)C(O)CNCC(O)c1ccc(Cl)cc1. The molecule has 0 aliphatic rings. The molecule has 0 aromatic heterocycles. The second-order valence-electron chi connectivity index (χ2n) is 4.87. The predicted molar refractivity (Wildman–Crippen MR) is 79.4 cm³/mol. The lowest BCUT2D eigenvalue weighted by Crippen LogP contribution is -2.34. The van der Waals surface area contributed by atoms with E-state index in [1.165, 1.54) is 0 Å². The first-order valence-corrected chi connectivity index (χ1v) is 7.28. The van der Waals surface area contributed by atoms with Gasteiger partial charge in [-0.05, 0) is 23.6 Å². The maximum atomic E-state index is 9.99. The summed E-state index contributed by atoms with van der Waals surface area (Å²) in [6.07, 6.45) is 1.01. The van der Waals surface area contributed by atoms with Gasteiger partial charge in [-0.25, -0.2) is 0 Å². The summed E-state index contributed by atoms with van der Waals surface area (Å²) in [7, 11) is 0. The van der Waals surface area contributed by atoms with Gasteiger partial charge in [0.15, 0.2) is 0 Å². The van der Waals surface area contributed by atoms with Crippen molar-refractivity contribution in [2.75, 3.05) is 13.1 Å². The van der Waals surface area contributed by atoms with Crippen LogP contribution in [0.1, 0.15) is 38.4 Å². The first-order chi connectivity index (χ1) is 9.08. The molecule has 1 rings (SSSR count). The molecule has 2 atom stereocenters. The lowest BCUT2D eigenvalue weighted by atomic mass is 9.96. The van der Waals surface area contributed by atoms with Crippen molar-refractivity contribution in [1.82, 2.24) is 5.32 Å². The molecule has 0 aliphatic carbocycles. The predicted octanol–water partition coefficient (Wildman–Crippen LogP) is 2.76. The number of halogens is 1. The van der Waals surface area contributed by atoms with Gasteiger partial charge in [-0.1, -0.05) is 50.4 Å². The molecule has 1 aromatic rings. The van der Waals surface area contributed by atoms with Crippen LogP contribution in [0.15, 0.2) is 24.3 Å². The fraction of sp³-hybridized carbons (Fsp3) is 0.600. The average Bonchev–Trinajstić information content (AvgIpc) is 2.40. The third kappa shape index (κ3) is 5.49. The second-order valence-corrected chi connectivity index (χ2v) is 5.31. The lowest BCUT2D eigenvalue weighted by Gasteiger charge is -2.21. The van der Waals surface area contributed by atoms with E-state index in [1.54, 1.807) is 12.1 Å². The van der Waals surface area contributed by atoms with Crippen LogP contribution >= 0.6 is 11.6 Å². The number of aliphatic hydroxyl groups is 2. The summed E-state index contributed by atoms with van der Waals surface area (Å²) in [6, 6.07) is 7.15. The molecule has 0 amide bonds. The van der Waals surface area contributed by atoms with Crippen LogP contribution in [0.3, 0.4) is 0 Å². The van der Waals surface area contributed by atoms with E-state index in [1.807, 2.05) is 12.1 Å². The number of benzene rings is 1. The van der Waals surface area contributed by atoms with Crippen LogP contribution in [0, 0.1) is 5.92 Å². The summed E-state index contributed by atoms with van der Waals surface area (Å²) in [5.41, 5.74) is 0.828. The van der Waals surface area contributed by atoms with Crippen molar-refractivity contribution in [2.45, 2.75) is 38.9 Å².